The lowest BCUT2D eigenvalue weighted by molar-refractivity contribution is -0.143. The molecule has 1 aliphatic heterocycles. The van der Waals surface area contributed by atoms with E-state index in [4.69, 9.17) is 25.8 Å². The fourth-order valence-electron chi connectivity index (χ4n) is 3.44. The number of halogens is 1. The molecule has 8 heteroatoms. The number of hydrogen-bond donors (Lipinski definition) is 1. The number of carbonyl (C=O) groups is 1. The molecule has 0 saturated heterocycles. The average Bonchev–Trinajstić information content (AvgIpc) is 3.34. The minimum absolute atomic E-state index is 0.00731. The number of fused-ring (bicyclic) bond motifs is 1. The second-order valence-corrected chi connectivity index (χ2v) is 7.34. The van der Waals surface area contributed by atoms with Crippen molar-refractivity contribution in [3.05, 3.63) is 64.8 Å². The molecule has 0 amide bonds. The minimum Gasteiger partial charge on any atom is -0.493 e. The Morgan fingerprint density at radius 2 is 1.97 bits per heavy atom. The van der Waals surface area contributed by atoms with Gasteiger partial charge < -0.3 is 19.3 Å². The van der Waals surface area contributed by atoms with Crippen LogP contribution in [0.5, 0.6) is 17.4 Å². The van der Waals surface area contributed by atoms with E-state index in [0.717, 1.165) is 5.56 Å². The Morgan fingerprint density at radius 1 is 1.20 bits per heavy atom. The largest absolute Gasteiger partial charge is 0.493 e. The van der Waals surface area contributed by atoms with Crippen molar-refractivity contribution in [2.75, 3.05) is 13.4 Å². The van der Waals surface area contributed by atoms with Crippen LogP contribution < -0.4 is 9.47 Å². The van der Waals surface area contributed by atoms with E-state index >= 15 is 0 Å². The van der Waals surface area contributed by atoms with Crippen molar-refractivity contribution in [2.24, 2.45) is 0 Å². The van der Waals surface area contributed by atoms with Crippen LogP contribution in [0.15, 0.2) is 48.5 Å². The molecule has 30 heavy (non-hydrogen) atoms. The first-order valence-electron chi connectivity index (χ1n) is 9.62. The van der Waals surface area contributed by atoms with Gasteiger partial charge in [-0.3, -0.25) is 4.79 Å². The number of hydrogen-bond acceptors (Lipinski definition) is 6. The maximum atomic E-state index is 12.2. The van der Waals surface area contributed by atoms with Crippen LogP contribution in [-0.2, 0) is 16.0 Å². The number of rotatable bonds is 7. The van der Waals surface area contributed by atoms with Gasteiger partial charge in [-0.15, -0.1) is 0 Å². The van der Waals surface area contributed by atoms with Crippen molar-refractivity contribution < 1.29 is 24.1 Å². The smallest absolute Gasteiger partial charge is 0.306 e. The molecule has 3 aromatic rings. The third-order valence-corrected chi connectivity index (χ3v) is 5.11. The Bertz CT molecular complexity index is 1050. The summed E-state index contributed by atoms with van der Waals surface area (Å²) in [6.45, 7) is 2.28. The van der Waals surface area contributed by atoms with Crippen LogP contribution in [0.2, 0.25) is 5.02 Å². The normalized spacial score (nSPS) is 13.3. The molecule has 0 aliphatic carbocycles. The van der Waals surface area contributed by atoms with Crippen LogP contribution in [0, 0.1) is 0 Å². The molecule has 0 saturated carbocycles. The molecule has 7 nitrogen and oxygen atoms in total. The zero-order valence-electron chi connectivity index (χ0n) is 16.4. The molecule has 0 fully saturated rings. The quantitative estimate of drug-likeness (QED) is 0.567. The van der Waals surface area contributed by atoms with E-state index in [1.54, 1.807) is 37.3 Å². The van der Waals surface area contributed by atoms with Gasteiger partial charge >= 0.3 is 5.97 Å². The molecular formula is C22H21ClN2O5. The first kappa shape index (κ1) is 20.1. The third-order valence-electron chi connectivity index (χ3n) is 4.85. The fraction of sp³-hybridized carbons (Fsp3) is 0.273. The lowest BCUT2D eigenvalue weighted by Crippen LogP contribution is -2.13. The molecule has 1 aromatic heterocycles. The van der Waals surface area contributed by atoms with E-state index < -0.39 is 0 Å². The fourth-order valence-corrected chi connectivity index (χ4v) is 3.57. The monoisotopic (exact) mass is 428 g/mol. The molecule has 1 unspecified atom stereocenters. The third kappa shape index (κ3) is 4.36. The maximum absolute atomic E-state index is 12.2. The lowest BCUT2D eigenvalue weighted by Gasteiger charge is -2.16. The van der Waals surface area contributed by atoms with Crippen LogP contribution in [0.4, 0.5) is 0 Å². The van der Waals surface area contributed by atoms with Crippen LogP contribution in [0.3, 0.4) is 0 Å². The first-order chi connectivity index (χ1) is 14.5. The Hall–Kier alpha value is -3.19. The van der Waals surface area contributed by atoms with E-state index in [1.165, 1.54) is 4.68 Å². The molecule has 1 atom stereocenters. The van der Waals surface area contributed by atoms with Crippen molar-refractivity contribution in [3.8, 4) is 23.1 Å². The molecular weight excluding hydrogens is 408 g/mol. The van der Waals surface area contributed by atoms with Crippen LogP contribution in [-0.4, -0.2) is 34.3 Å². The maximum Gasteiger partial charge on any atom is 0.306 e. The molecule has 0 spiro atoms. The molecule has 1 N–H and O–H groups in total. The zero-order valence-corrected chi connectivity index (χ0v) is 17.1. The first-order valence-corrected chi connectivity index (χ1v) is 10.0. The highest BCUT2D eigenvalue weighted by Gasteiger charge is 2.23. The number of benzene rings is 2. The molecule has 156 valence electrons. The van der Waals surface area contributed by atoms with Gasteiger partial charge in [-0.25, -0.2) is 4.68 Å². The van der Waals surface area contributed by atoms with Crippen LogP contribution in [0.1, 0.15) is 30.5 Å². The van der Waals surface area contributed by atoms with Gasteiger partial charge in [0, 0.05) is 17.0 Å². The van der Waals surface area contributed by atoms with Gasteiger partial charge in [0.25, 0.3) is 0 Å². The van der Waals surface area contributed by atoms with Gasteiger partial charge in [0.15, 0.2) is 11.5 Å². The SMILES string of the molecule is CCOC(=O)CC(Cc1cc(O)n(-c2ccc(Cl)cc2)n1)c1ccc2c(c1)OCO2. The summed E-state index contributed by atoms with van der Waals surface area (Å²) in [5.74, 6) is 0.843. The Morgan fingerprint density at radius 3 is 2.73 bits per heavy atom. The van der Waals surface area contributed by atoms with E-state index in [-0.39, 0.29) is 31.0 Å². The predicted octanol–water partition coefficient (Wildman–Crippen LogP) is 4.24. The predicted molar refractivity (Wildman–Crippen MR) is 110 cm³/mol. The lowest BCUT2D eigenvalue weighted by atomic mass is 9.91. The molecule has 0 radical (unpaired) electrons. The van der Waals surface area contributed by atoms with Gasteiger partial charge in [-0.1, -0.05) is 17.7 Å². The Balaban J connectivity index is 1.61. The van der Waals surface area contributed by atoms with Gasteiger partial charge in [-0.2, -0.15) is 5.10 Å². The van der Waals surface area contributed by atoms with Crippen molar-refractivity contribution in [1.29, 1.82) is 0 Å². The molecule has 2 heterocycles. The molecule has 0 bridgehead atoms. The number of carbonyl (C=O) groups excluding carboxylic acids is 1. The Kier molecular flexibility index (Phi) is 5.81. The number of esters is 1. The second-order valence-electron chi connectivity index (χ2n) is 6.90. The van der Waals surface area contributed by atoms with E-state index in [1.807, 2.05) is 18.2 Å². The number of nitrogens with zero attached hydrogens (tertiary/aromatic N) is 2. The topological polar surface area (TPSA) is 82.8 Å². The second kappa shape index (κ2) is 8.67. The highest BCUT2D eigenvalue weighted by Crippen LogP contribution is 2.36. The number of aromatic nitrogens is 2. The van der Waals surface area contributed by atoms with Crippen molar-refractivity contribution in [1.82, 2.24) is 9.78 Å². The molecule has 4 rings (SSSR count). The van der Waals surface area contributed by atoms with Gasteiger partial charge in [0.1, 0.15) is 0 Å². The summed E-state index contributed by atoms with van der Waals surface area (Å²) in [7, 11) is 0. The van der Waals surface area contributed by atoms with Gasteiger partial charge in [0.2, 0.25) is 12.7 Å². The highest BCUT2D eigenvalue weighted by molar-refractivity contribution is 6.30. The molecule has 1 aliphatic rings. The summed E-state index contributed by atoms with van der Waals surface area (Å²) in [4.78, 5) is 12.2. The Labute approximate surface area is 178 Å². The summed E-state index contributed by atoms with van der Waals surface area (Å²) in [5, 5.41) is 15.5. The summed E-state index contributed by atoms with van der Waals surface area (Å²) in [6.07, 6.45) is 0.620. The van der Waals surface area contributed by atoms with E-state index in [0.29, 0.717) is 40.9 Å². The highest BCUT2D eigenvalue weighted by atomic mass is 35.5. The summed E-state index contributed by atoms with van der Waals surface area (Å²) >= 11 is 5.94. The van der Waals surface area contributed by atoms with Crippen LogP contribution >= 0.6 is 11.6 Å². The van der Waals surface area contributed by atoms with E-state index in [9.17, 15) is 9.90 Å². The van der Waals surface area contributed by atoms with Crippen LogP contribution in [0.25, 0.3) is 5.69 Å². The number of aromatic hydroxyl groups is 1. The number of ether oxygens (including phenoxy) is 3. The zero-order chi connectivity index (χ0) is 21.1. The summed E-state index contributed by atoms with van der Waals surface area (Å²) < 4.78 is 17.4. The van der Waals surface area contributed by atoms with Gasteiger partial charge in [-0.05, 0) is 55.3 Å². The summed E-state index contributed by atoms with van der Waals surface area (Å²) in [5.41, 5.74) is 2.25. The summed E-state index contributed by atoms with van der Waals surface area (Å²) in [6, 6.07) is 14.2. The van der Waals surface area contributed by atoms with Gasteiger partial charge in [0.05, 0.1) is 24.4 Å². The minimum atomic E-state index is -0.290. The standard InChI is InChI=1S/C22H21ClN2O5/c1-2-28-22(27)11-15(14-3-8-19-20(10-14)30-13-29-19)9-17-12-21(26)25(24-17)18-6-4-16(23)5-7-18/h3-8,10,12,15,26H,2,9,11,13H2,1H3. The molecule has 2 aromatic carbocycles. The van der Waals surface area contributed by atoms with Crippen molar-refractivity contribution >= 4 is 17.6 Å². The van der Waals surface area contributed by atoms with E-state index in [2.05, 4.69) is 5.10 Å². The van der Waals surface area contributed by atoms with Crippen molar-refractivity contribution in [3.63, 3.8) is 0 Å². The van der Waals surface area contributed by atoms with Crippen molar-refractivity contribution in [2.45, 2.75) is 25.7 Å². The average molecular weight is 429 g/mol.